The second kappa shape index (κ2) is 4.56. The molecule has 0 radical (unpaired) electrons. The maximum atomic E-state index is 13.1. The summed E-state index contributed by atoms with van der Waals surface area (Å²) in [6.07, 6.45) is 0.872. The third-order valence-electron chi connectivity index (χ3n) is 1.58. The molecule has 72 valence electrons. The Balaban J connectivity index is 2.88. The molecule has 0 aliphatic rings. The summed E-state index contributed by atoms with van der Waals surface area (Å²) >= 11 is 2.91. The predicted octanol–water partition coefficient (Wildman–Crippen LogP) is 3.55. The van der Waals surface area contributed by atoms with Gasteiger partial charge in [0.2, 0.25) is 0 Å². The summed E-state index contributed by atoms with van der Waals surface area (Å²) < 4.78 is 26.2. The summed E-state index contributed by atoms with van der Waals surface area (Å²) in [7, 11) is 0. The Labute approximate surface area is 84.3 Å². The first-order valence-electron chi connectivity index (χ1n) is 4.03. The van der Waals surface area contributed by atoms with Crippen molar-refractivity contribution in [2.24, 2.45) is 0 Å². The van der Waals surface area contributed by atoms with Crippen LogP contribution in [0.25, 0.3) is 0 Å². The first-order chi connectivity index (χ1) is 6.15. The third-order valence-corrected chi connectivity index (χ3v) is 2.18. The smallest absolute Gasteiger partial charge is 0.147 e. The van der Waals surface area contributed by atoms with Crippen molar-refractivity contribution in [3.63, 3.8) is 0 Å². The van der Waals surface area contributed by atoms with Gasteiger partial charge in [-0.1, -0.05) is 6.92 Å². The van der Waals surface area contributed by atoms with E-state index in [9.17, 15) is 8.78 Å². The molecule has 1 aromatic rings. The molecular formula is C9H10BrF2N. The van der Waals surface area contributed by atoms with E-state index in [1.165, 1.54) is 0 Å². The van der Waals surface area contributed by atoms with Gasteiger partial charge in [0.25, 0.3) is 0 Å². The zero-order chi connectivity index (χ0) is 9.84. The van der Waals surface area contributed by atoms with Gasteiger partial charge in [-0.05, 0) is 28.4 Å². The van der Waals surface area contributed by atoms with E-state index in [4.69, 9.17) is 0 Å². The maximum absolute atomic E-state index is 13.1. The van der Waals surface area contributed by atoms with Crippen LogP contribution in [-0.4, -0.2) is 6.54 Å². The molecule has 0 aliphatic carbocycles. The topological polar surface area (TPSA) is 12.0 Å². The molecule has 0 spiro atoms. The third kappa shape index (κ3) is 2.66. The van der Waals surface area contributed by atoms with Crippen molar-refractivity contribution in [3.05, 3.63) is 28.2 Å². The van der Waals surface area contributed by atoms with E-state index in [2.05, 4.69) is 21.2 Å². The molecule has 0 aromatic heterocycles. The Morgan fingerprint density at radius 3 is 2.62 bits per heavy atom. The van der Waals surface area contributed by atoms with Crippen LogP contribution in [0.3, 0.4) is 0 Å². The number of anilines is 1. The van der Waals surface area contributed by atoms with E-state index >= 15 is 0 Å². The SMILES string of the molecule is CCCNc1cc(F)c(Br)cc1F. The highest BCUT2D eigenvalue weighted by Crippen LogP contribution is 2.23. The molecule has 1 N–H and O–H groups in total. The second-order valence-electron chi connectivity index (χ2n) is 2.67. The summed E-state index contributed by atoms with van der Waals surface area (Å²) in [5.74, 6) is -0.901. The first-order valence-corrected chi connectivity index (χ1v) is 4.83. The van der Waals surface area contributed by atoms with Crippen molar-refractivity contribution in [3.8, 4) is 0 Å². The van der Waals surface area contributed by atoms with E-state index < -0.39 is 11.6 Å². The lowest BCUT2D eigenvalue weighted by molar-refractivity contribution is 0.596. The summed E-state index contributed by atoms with van der Waals surface area (Å²) in [4.78, 5) is 0. The van der Waals surface area contributed by atoms with Gasteiger partial charge in [-0.15, -0.1) is 0 Å². The van der Waals surface area contributed by atoms with E-state index in [0.717, 1.165) is 18.6 Å². The summed E-state index contributed by atoms with van der Waals surface area (Å²) in [5, 5.41) is 2.79. The van der Waals surface area contributed by atoms with Gasteiger partial charge in [0.05, 0.1) is 10.2 Å². The van der Waals surface area contributed by atoms with Gasteiger partial charge in [-0.2, -0.15) is 0 Å². The zero-order valence-electron chi connectivity index (χ0n) is 7.20. The van der Waals surface area contributed by atoms with Crippen LogP contribution in [0.15, 0.2) is 16.6 Å². The van der Waals surface area contributed by atoms with Crippen LogP contribution in [0.5, 0.6) is 0 Å². The average Bonchev–Trinajstić information content (AvgIpc) is 2.09. The van der Waals surface area contributed by atoms with E-state index in [0.29, 0.717) is 6.54 Å². The molecule has 4 heteroatoms. The zero-order valence-corrected chi connectivity index (χ0v) is 8.79. The Hall–Kier alpha value is -0.640. The highest BCUT2D eigenvalue weighted by molar-refractivity contribution is 9.10. The predicted molar refractivity (Wildman–Crippen MR) is 52.8 cm³/mol. The van der Waals surface area contributed by atoms with Crippen LogP contribution in [0.4, 0.5) is 14.5 Å². The largest absolute Gasteiger partial charge is 0.383 e. The lowest BCUT2D eigenvalue weighted by atomic mass is 10.3. The monoisotopic (exact) mass is 249 g/mol. The van der Waals surface area contributed by atoms with Gasteiger partial charge in [0.1, 0.15) is 11.6 Å². The van der Waals surface area contributed by atoms with E-state index in [-0.39, 0.29) is 10.2 Å². The minimum absolute atomic E-state index is 0.145. The molecule has 1 nitrogen and oxygen atoms in total. The molecule has 0 fully saturated rings. The molecule has 0 unspecified atom stereocenters. The van der Waals surface area contributed by atoms with Gasteiger partial charge >= 0.3 is 0 Å². The molecule has 1 aromatic carbocycles. The summed E-state index contributed by atoms with van der Waals surface area (Å²) in [5.41, 5.74) is 0.211. The minimum Gasteiger partial charge on any atom is -0.383 e. The molecule has 1 rings (SSSR count). The number of halogens is 3. The van der Waals surface area contributed by atoms with Crippen molar-refractivity contribution in [1.29, 1.82) is 0 Å². The van der Waals surface area contributed by atoms with Gasteiger partial charge in [-0.25, -0.2) is 8.78 Å². The highest BCUT2D eigenvalue weighted by Gasteiger charge is 2.06. The van der Waals surface area contributed by atoms with Crippen molar-refractivity contribution < 1.29 is 8.78 Å². The van der Waals surface area contributed by atoms with Gasteiger partial charge in [-0.3, -0.25) is 0 Å². The van der Waals surface area contributed by atoms with E-state index in [1.807, 2.05) is 6.92 Å². The minimum atomic E-state index is -0.458. The van der Waals surface area contributed by atoms with Crippen molar-refractivity contribution in [2.75, 3.05) is 11.9 Å². The summed E-state index contributed by atoms with van der Waals surface area (Å²) in [6, 6.07) is 2.27. The van der Waals surface area contributed by atoms with Crippen molar-refractivity contribution >= 4 is 21.6 Å². The fourth-order valence-corrected chi connectivity index (χ4v) is 1.23. The molecular weight excluding hydrogens is 240 g/mol. The lowest BCUT2D eigenvalue weighted by Crippen LogP contribution is -2.02. The van der Waals surface area contributed by atoms with Crippen LogP contribution in [0.1, 0.15) is 13.3 Å². The van der Waals surface area contributed by atoms with Crippen LogP contribution in [0, 0.1) is 11.6 Å². The Bertz CT molecular complexity index is 302. The summed E-state index contributed by atoms with van der Waals surface area (Å²) in [6.45, 7) is 2.60. The molecule has 0 heterocycles. The Morgan fingerprint density at radius 2 is 2.00 bits per heavy atom. The van der Waals surface area contributed by atoms with E-state index in [1.54, 1.807) is 0 Å². The fraction of sp³-hybridized carbons (Fsp3) is 0.333. The first kappa shape index (κ1) is 10.4. The quantitative estimate of drug-likeness (QED) is 0.809. The molecule has 0 saturated heterocycles. The van der Waals surface area contributed by atoms with Gasteiger partial charge < -0.3 is 5.32 Å². The van der Waals surface area contributed by atoms with Gasteiger partial charge in [0, 0.05) is 12.6 Å². The average molecular weight is 250 g/mol. The molecule has 0 bridgehead atoms. The Kier molecular flexibility index (Phi) is 3.66. The van der Waals surface area contributed by atoms with Crippen molar-refractivity contribution in [1.82, 2.24) is 0 Å². The van der Waals surface area contributed by atoms with Crippen LogP contribution < -0.4 is 5.32 Å². The highest BCUT2D eigenvalue weighted by atomic mass is 79.9. The van der Waals surface area contributed by atoms with Crippen LogP contribution in [0.2, 0.25) is 0 Å². The standard InChI is InChI=1S/C9H10BrF2N/c1-2-3-13-9-5-7(11)6(10)4-8(9)12/h4-5,13H,2-3H2,1H3. The Morgan fingerprint density at radius 1 is 1.31 bits per heavy atom. The molecule has 0 amide bonds. The number of hydrogen-bond acceptors (Lipinski definition) is 1. The molecule has 13 heavy (non-hydrogen) atoms. The molecule has 0 atom stereocenters. The van der Waals surface area contributed by atoms with Crippen LogP contribution in [-0.2, 0) is 0 Å². The number of hydrogen-bond donors (Lipinski definition) is 1. The molecule has 0 aliphatic heterocycles. The fourth-order valence-electron chi connectivity index (χ4n) is 0.918. The van der Waals surface area contributed by atoms with Gasteiger partial charge in [0.15, 0.2) is 0 Å². The van der Waals surface area contributed by atoms with Crippen LogP contribution >= 0.6 is 15.9 Å². The molecule has 0 saturated carbocycles. The second-order valence-corrected chi connectivity index (χ2v) is 3.53. The lowest BCUT2D eigenvalue weighted by Gasteiger charge is -2.06. The van der Waals surface area contributed by atoms with Crippen molar-refractivity contribution in [2.45, 2.75) is 13.3 Å². The number of nitrogens with one attached hydrogen (secondary N) is 1. The maximum Gasteiger partial charge on any atom is 0.147 e. The number of rotatable bonds is 3. The number of benzene rings is 1. The normalized spacial score (nSPS) is 10.2.